The average Bonchev–Trinajstić information content (AvgIpc) is 3.24. The lowest BCUT2D eigenvalue weighted by Gasteiger charge is -2.08. The van der Waals surface area contributed by atoms with Crippen LogP contribution in [0.15, 0.2) is 53.5 Å². The number of fused-ring (bicyclic) bond motifs is 1. The highest BCUT2D eigenvalue weighted by atomic mass is 16.3. The highest BCUT2D eigenvalue weighted by Crippen LogP contribution is 2.29. The molecule has 0 radical (unpaired) electrons. The van der Waals surface area contributed by atoms with Crippen LogP contribution >= 0.6 is 0 Å². The number of nitrogens with zero attached hydrogens (tertiary/aromatic N) is 4. The van der Waals surface area contributed by atoms with E-state index < -0.39 is 0 Å². The summed E-state index contributed by atoms with van der Waals surface area (Å²) in [4.78, 5) is 13.4. The van der Waals surface area contributed by atoms with Crippen molar-refractivity contribution in [3.63, 3.8) is 0 Å². The molecule has 0 unspecified atom stereocenters. The number of pyridine rings is 1. The van der Waals surface area contributed by atoms with Gasteiger partial charge in [0.05, 0.1) is 30.4 Å². The van der Waals surface area contributed by atoms with Crippen molar-refractivity contribution in [1.29, 1.82) is 0 Å². The fourth-order valence-corrected chi connectivity index (χ4v) is 3.03. The highest BCUT2D eigenvalue weighted by molar-refractivity contribution is 5.91. The second kappa shape index (κ2) is 6.39. The second-order valence-electron chi connectivity index (χ2n) is 5.97. The van der Waals surface area contributed by atoms with Gasteiger partial charge >= 0.3 is 0 Å². The van der Waals surface area contributed by atoms with Gasteiger partial charge in [-0.15, -0.1) is 0 Å². The van der Waals surface area contributed by atoms with Gasteiger partial charge in [0.1, 0.15) is 23.6 Å². The average molecular weight is 333 g/mol. The van der Waals surface area contributed by atoms with E-state index in [1.54, 1.807) is 12.6 Å². The molecule has 4 rings (SSSR count). The molecule has 6 nitrogen and oxygen atoms in total. The van der Waals surface area contributed by atoms with Crippen LogP contribution in [0.1, 0.15) is 22.7 Å². The van der Waals surface area contributed by atoms with E-state index in [0.29, 0.717) is 13.1 Å². The molecule has 0 spiro atoms. The molecule has 0 aromatic carbocycles. The van der Waals surface area contributed by atoms with Crippen molar-refractivity contribution in [2.75, 3.05) is 5.32 Å². The Bertz CT molecular complexity index is 990. The second-order valence-corrected chi connectivity index (χ2v) is 5.97. The van der Waals surface area contributed by atoms with Gasteiger partial charge in [-0.1, -0.05) is 6.07 Å². The standard InChI is InChI=1S/C19H19N5O/c1-13-14(2)24(11-15-6-3-4-8-20-15)19-17(13)18(22-12-23-19)21-10-16-7-5-9-25-16/h3-9,12H,10-11H2,1-2H3,(H,21,22,23). The van der Waals surface area contributed by atoms with Gasteiger partial charge in [0.15, 0.2) is 0 Å². The van der Waals surface area contributed by atoms with Crippen LogP contribution < -0.4 is 5.32 Å². The molecule has 4 aromatic rings. The lowest BCUT2D eigenvalue weighted by Crippen LogP contribution is -2.05. The lowest BCUT2D eigenvalue weighted by molar-refractivity contribution is 0.518. The van der Waals surface area contributed by atoms with E-state index in [4.69, 9.17) is 4.42 Å². The van der Waals surface area contributed by atoms with Crippen LogP contribution in [0.2, 0.25) is 0 Å². The summed E-state index contributed by atoms with van der Waals surface area (Å²) < 4.78 is 7.57. The summed E-state index contributed by atoms with van der Waals surface area (Å²) in [6, 6.07) is 9.77. The van der Waals surface area contributed by atoms with E-state index in [9.17, 15) is 0 Å². The molecule has 6 heteroatoms. The minimum atomic E-state index is 0.586. The molecule has 4 aromatic heterocycles. The van der Waals surface area contributed by atoms with Gasteiger partial charge in [-0.2, -0.15) is 0 Å². The number of anilines is 1. The minimum absolute atomic E-state index is 0.586. The molecular weight excluding hydrogens is 314 g/mol. The van der Waals surface area contributed by atoms with E-state index in [0.717, 1.165) is 28.3 Å². The molecule has 126 valence electrons. The van der Waals surface area contributed by atoms with Crippen molar-refractivity contribution in [2.24, 2.45) is 0 Å². The van der Waals surface area contributed by atoms with Crippen LogP contribution in [-0.4, -0.2) is 19.5 Å². The first kappa shape index (κ1) is 15.4. The number of hydrogen-bond donors (Lipinski definition) is 1. The Morgan fingerprint density at radius 2 is 2.00 bits per heavy atom. The van der Waals surface area contributed by atoms with Crippen molar-refractivity contribution in [3.05, 3.63) is 71.8 Å². The van der Waals surface area contributed by atoms with Crippen LogP contribution in [-0.2, 0) is 13.1 Å². The van der Waals surface area contributed by atoms with Gasteiger partial charge in [-0.05, 0) is 43.7 Å². The fourth-order valence-electron chi connectivity index (χ4n) is 3.03. The van der Waals surface area contributed by atoms with Crippen LogP contribution in [0.3, 0.4) is 0 Å². The van der Waals surface area contributed by atoms with Crippen LogP contribution in [0.5, 0.6) is 0 Å². The number of nitrogens with one attached hydrogen (secondary N) is 1. The van der Waals surface area contributed by atoms with Crippen molar-refractivity contribution >= 4 is 16.9 Å². The van der Waals surface area contributed by atoms with E-state index in [1.807, 2.05) is 36.5 Å². The van der Waals surface area contributed by atoms with E-state index in [2.05, 4.69) is 38.7 Å². The summed E-state index contributed by atoms with van der Waals surface area (Å²) in [6.45, 7) is 5.49. The third-order valence-electron chi connectivity index (χ3n) is 4.46. The summed E-state index contributed by atoms with van der Waals surface area (Å²) in [5.74, 6) is 1.69. The molecule has 1 N–H and O–H groups in total. The summed E-state index contributed by atoms with van der Waals surface area (Å²) in [7, 11) is 0. The van der Waals surface area contributed by atoms with Crippen molar-refractivity contribution in [1.82, 2.24) is 19.5 Å². The minimum Gasteiger partial charge on any atom is -0.467 e. The quantitative estimate of drug-likeness (QED) is 0.603. The van der Waals surface area contributed by atoms with Crippen LogP contribution in [0, 0.1) is 13.8 Å². The van der Waals surface area contributed by atoms with Gasteiger partial charge in [-0.3, -0.25) is 4.98 Å². The molecule has 0 saturated heterocycles. The first-order valence-electron chi connectivity index (χ1n) is 8.20. The Kier molecular flexibility index (Phi) is 3.93. The molecule has 25 heavy (non-hydrogen) atoms. The predicted octanol–water partition coefficient (Wildman–Crippen LogP) is 3.70. The van der Waals surface area contributed by atoms with Crippen molar-refractivity contribution < 1.29 is 4.42 Å². The van der Waals surface area contributed by atoms with E-state index >= 15 is 0 Å². The van der Waals surface area contributed by atoms with Gasteiger partial charge in [-0.25, -0.2) is 9.97 Å². The molecule has 0 bridgehead atoms. The fraction of sp³-hybridized carbons (Fsp3) is 0.211. The lowest BCUT2D eigenvalue weighted by atomic mass is 10.2. The van der Waals surface area contributed by atoms with Gasteiger partial charge in [0, 0.05) is 11.9 Å². The molecule has 0 aliphatic carbocycles. The largest absolute Gasteiger partial charge is 0.467 e. The number of hydrogen-bond acceptors (Lipinski definition) is 5. The van der Waals surface area contributed by atoms with Gasteiger partial charge in [0.25, 0.3) is 0 Å². The first-order chi connectivity index (χ1) is 12.2. The topological polar surface area (TPSA) is 68.8 Å². The summed E-state index contributed by atoms with van der Waals surface area (Å²) in [5, 5.41) is 4.41. The predicted molar refractivity (Wildman–Crippen MR) is 96.4 cm³/mol. The maximum absolute atomic E-state index is 5.39. The Morgan fingerprint density at radius 1 is 1.08 bits per heavy atom. The Labute approximate surface area is 145 Å². The Morgan fingerprint density at radius 3 is 2.76 bits per heavy atom. The zero-order valence-electron chi connectivity index (χ0n) is 14.2. The third-order valence-corrected chi connectivity index (χ3v) is 4.46. The molecular formula is C19H19N5O. The van der Waals surface area contributed by atoms with Crippen LogP contribution in [0.4, 0.5) is 5.82 Å². The molecule has 0 fully saturated rings. The molecule has 4 heterocycles. The highest BCUT2D eigenvalue weighted by Gasteiger charge is 2.17. The maximum Gasteiger partial charge on any atom is 0.146 e. The van der Waals surface area contributed by atoms with E-state index in [-0.39, 0.29) is 0 Å². The zero-order valence-corrected chi connectivity index (χ0v) is 14.2. The van der Waals surface area contributed by atoms with Crippen molar-refractivity contribution in [3.8, 4) is 0 Å². The Hall–Kier alpha value is -3.15. The number of aromatic nitrogens is 4. The first-order valence-corrected chi connectivity index (χ1v) is 8.20. The van der Waals surface area contributed by atoms with Gasteiger partial charge in [0.2, 0.25) is 0 Å². The maximum atomic E-state index is 5.39. The van der Waals surface area contributed by atoms with Crippen LogP contribution in [0.25, 0.3) is 11.0 Å². The zero-order chi connectivity index (χ0) is 17.2. The normalized spacial score (nSPS) is 11.1. The third kappa shape index (κ3) is 2.87. The van der Waals surface area contributed by atoms with Gasteiger partial charge < -0.3 is 14.3 Å². The molecule has 0 saturated carbocycles. The number of rotatable bonds is 5. The summed E-state index contributed by atoms with van der Waals surface area (Å²) in [5.41, 5.74) is 4.26. The molecule has 0 aliphatic rings. The molecule has 0 atom stereocenters. The van der Waals surface area contributed by atoms with Crippen molar-refractivity contribution in [2.45, 2.75) is 26.9 Å². The SMILES string of the molecule is Cc1c(C)n(Cc2ccccn2)c2ncnc(NCc3ccco3)c12. The Balaban J connectivity index is 1.73. The monoisotopic (exact) mass is 333 g/mol. The van der Waals surface area contributed by atoms with E-state index in [1.165, 1.54) is 11.3 Å². The number of aryl methyl sites for hydroxylation is 1. The smallest absolute Gasteiger partial charge is 0.146 e. The number of furan rings is 1. The molecule has 0 amide bonds. The molecule has 0 aliphatic heterocycles. The summed E-state index contributed by atoms with van der Waals surface area (Å²) in [6.07, 6.45) is 5.08. The summed E-state index contributed by atoms with van der Waals surface area (Å²) >= 11 is 0.